The monoisotopic (exact) mass is 302 g/mol. The van der Waals surface area contributed by atoms with Gasteiger partial charge in [-0.05, 0) is 28.4 Å². The van der Waals surface area contributed by atoms with Gasteiger partial charge in [-0.25, -0.2) is 4.39 Å². The van der Waals surface area contributed by atoms with Crippen LogP contribution in [0.3, 0.4) is 0 Å². The maximum atomic E-state index is 14.0. The molecular formula is C13H16BrFO2. The Morgan fingerprint density at radius 2 is 2.35 bits per heavy atom. The quantitative estimate of drug-likeness (QED) is 0.908. The molecule has 1 saturated heterocycles. The first kappa shape index (κ1) is 13.0. The molecule has 1 fully saturated rings. The number of benzene rings is 1. The van der Waals surface area contributed by atoms with E-state index in [0.717, 1.165) is 6.42 Å². The van der Waals surface area contributed by atoms with Gasteiger partial charge in [-0.15, -0.1) is 0 Å². The lowest BCUT2D eigenvalue weighted by Crippen LogP contribution is -2.39. The molecule has 0 aromatic heterocycles. The molecule has 1 N–H and O–H groups in total. The van der Waals surface area contributed by atoms with Crippen LogP contribution >= 0.6 is 15.9 Å². The Morgan fingerprint density at radius 3 is 3.06 bits per heavy atom. The van der Waals surface area contributed by atoms with Gasteiger partial charge in [0.1, 0.15) is 5.82 Å². The predicted molar refractivity (Wildman–Crippen MR) is 67.3 cm³/mol. The molecule has 1 heterocycles. The summed E-state index contributed by atoms with van der Waals surface area (Å²) in [5.41, 5.74) is -0.735. The van der Waals surface area contributed by atoms with Crippen molar-refractivity contribution in [2.45, 2.75) is 37.9 Å². The van der Waals surface area contributed by atoms with Crippen LogP contribution in [0.25, 0.3) is 0 Å². The first-order valence-electron chi connectivity index (χ1n) is 5.85. The van der Waals surface area contributed by atoms with Gasteiger partial charge < -0.3 is 9.84 Å². The largest absolute Gasteiger partial charge is 0.385 e. The Balaban J connectivity index is 2.33. The summed E-state index contributed by atoms with van der Waals surface area (Å²) in [5, 5.41) is 10.6. The van der Waals surface area contributed by atoms with Gasteiger partial charge in [0.15, 0.2) is 0 Å². The molecule has 0 radical (unpaired) electrons. The van der Waals surface area contributed by atoms with Gasteiger partial charge in [0.2, 0.25) is 0 Å². The molecule has 1 aliphatic heterocycles. The van der Waals surface area contributed by atoms with Crippen LogP contribution < -0.4 is 0 Å². The SMILES string of the molecule is CCC1CC(O)(c2cccc(Br)c2F)CCO1. The van der Waals surface area contributed by atoms with Crippen LogP contribution in [-0.2, 0) is 10.3 Å². The Hall–Kier alpha value is -0.450. The Labute approximate surface area is 109 Å². The number of ether oxygens (including phenoxy) is 1. The van der Waals surface area contributed by atoms with Crippen molar-refractivity contribution in [1.82, 2.24) is 0 Å². The van der Waals surface area contributed by atoms with E-state index in [1.807, 2.05) is 6.92 Å². The lowest BCUT2D eigenvalue weighted by molar-refractivity contribution is -0.110. The molecule has 1 aromatic rings. The van der Waals surface area contributed by atoms with Crippen molar-refractivity contribution in [1.29, 1.82) is 0 Å². The van der Waals surface area contributed by atoms with Gasteiger partial charge in [0, 0.05) is 18.4 Å². The van der Waals surface area contributed by atoms with Crippen molar-refractivity contribution in [3.05, 3.63) is 34.1 Å². The highest BCUT2D eigenvalue weighted by molar-refractivity contribution is 9.10. The van der Waals surface area contributed by atoms with Gasteiger partial charge in [-0.1, -0.05) is 19.1 Å². The zero-order chi connectivity index (χ0) is 12.5. The minimum absolute atomic E-state index is 0.00660. The zero-order valence-electron chi connectivity index (χ0n) is 9.75. The van der Waals surface area contributed by atoms with E-state index < -0.39 is 5.60 Å². The van der Waals surface area contributed by atoms with E-state index in [1.165, 1.54) is 0 Å². The normalized spacial score (nSPS) is 29.3. The van der Waals surface area contributed by atoms with Gasteiger partial charge in [-0.3, -0.25) is 0 Å². The van der Waals surface area contributed by atoms with Crippen LogP contribution in [0.15, 0.2) is 22.7 Å². The van der Waals surface area contributed by atoms with Crippen molar-refractivity contribution in [3.63, 3.8) is 0 Å². The third kappa shape index (κ3) is 2.54. The topological polar surface area (TPSA) is 29.5 Å². The smallest absolute Gasteiger partial charge is 0.143 e. The molecule has 2 atom stereocenters. The van der Waals surface area contributed by atoms with E-state index in [-0.39, 0.29) is 11.9 Å². The fourth-order valence-corrected chi connectivity index (χ4v) is 2.67. The summed E-state index contributed by atoms with van der Waals surface area (Å²) >= 11 is 3.15. The lowest BCUT2D eigenvalue weighted by Gasteiger charge is -2.37. The third-order valence-corrected chi connectivity index (χ3v) is 3.96. The first-order chi connectivity index (χ1) is 8.07. The van der Waals surface area contributed by atoms with Crippen molar-refractivity contribution in [3.8, 4) is 0 Å². The molecule has 0 bridgehead atoms. The standard InChI is InChI=1S/C13H16BrFO2/c1-2-9-8-13(16,6-7-17-9)10-4-3-5-11(14)12(10)15/h3-5,9,16H,2,6-8H2,1H3. The lowest BCUT2D eigenvalue weighted by atomic mass is 9.83. The molecule has 0 spiro atoms. The molecule has 4 heteroatoms. The molecule has 0 aliphatic carbocycles. The van der Waals surface area contributed by atoms with Crippen LogP contribution in [-0.4, -0.2) is 17.8 Å². The van der Waals surface area contributed by atoms with Crippen LogP contribution in [0.4, 0.5) is 4.39 Å². The predicted octanol–water partition coefficient (Wildman–Crippen LogP) is 3.36. The average Bonchev–Trinajstić information content (AvgIpc) is 2.32. The molecule has 0 saturated carbocycles. The second-order valence-corrected chi connectivity index (χ2v) is 5.34. The van der Waals surface area contributed by atoms with Crippen molar-refractivity contribution in [2.24, 2.45) is 0 Å². The average molecular weight is 303 g/mol. The van der Waals surface area contributed by atoms with Crippen LogP contribution in [0.2, 0.25) is 0 Å². The number of hydrogen-bond donors (Lipinski definition) is 1. The molecule has 0 amide bonds. The third-order valence-electron chi connectivity index (χ3n) is 3.34. The molecular weight excluding hydrogens is 287 g/mol. The summed E-state index contributed by atoms with van der Waals surface area (Å²) in [5.74, 6) is -0.369. The molecule has 94 valence electrons. The van der Waals surface area contributed by atoms with Gasteiger partial charge in [0.05, 0.1) is 22.8 Å². The highest BCUT2D eigenvalue weighted by atomic mass is 79.9. The van der Waals surface area contributed by atoms with E-state index in [4.69, 9.17) is 4.74 Å². The molecule has 2 nitrogen and oxygen atoms in total. The fourth-order valence-electron chi connectivity index (χ4n) is 2.30. The molecule has 1 aromatic carbocycles. The van der Waals surface area contributed by atoms with Crippen molar-refractivity contribution < 1.29 is 14.2 Å². The zero-order valence-corrected chi connectivity index (χ0v) is 11.3. The van der Waals surface area contributed by atoms with E-state index in [2.05, 4.69) is 15.9 Å². The fraction of sp³-hybridized carbons (Fsp3) is 0.538. The number of hydrogen-bond acceptors (Lipinski definition) is 2. The van der Waals surface area contributed by atoms with Gasteiger partial charge >= 0.3 is 0 Å². The van der Waals surface area contributed by atoms with E-state index in [0.29, 0.717) is 29.5 Å². The molecule has 17 heavy (non-hydrogen) atoms. The highest BCUT2D eigenvalue weighted by Crippen LogP contribution is 2.38. The summed E-state index contributed by atoms with van der Waals surface area (Å²) < 4.78 is 19.9. The Bertz CT molecular complexity index is 410. The second kappa shape index (κ2) is 5.04. The van der Waals surface area contributed by atoms with Crippen LogP contribution in [0.5, 0.6) is 0 Å². The molecule has 2 unspecified atom stereocenters. The first-order valence-corrected chi connectivity index (χ1v) is 6.64. The van der Waals surface area contributed by atoms with Gasteiger partial charge in [-0.2, -0.15) is 0 Å². The maximum Gasteiger partial charge on any atom is 0.143 e. The molecule has 1 aliphatic rings. The maximum absolute atomic E-state index is 14.0. The summed E-state index contributed by atoms with van der Waals surface area (Å²) in [4.78, 5) is 0. The minimum atomic E-state index is -1.10. The summed E-state index contributed by atoms with van der Waals surface area (Å²) in [6.45, 7) is 2.48. The number of aliphatic hydroxyl groups is 1. The van der Waals surface area contributed by atoms with Crippen LogP contribution in [0.1, 0.15) is 31.7 Å². The van der Waals surface area contributed by atoms with E-state index in [1.54, 1.807) is 18.2 Å². The summed E-state index contributed by atoms with van der Waals surface area (Å²) in [6, 6.07) is 5.04. The summed E-state index contributed by atoms with van der Waals surface area (Å²) in [7, 11) is 0. The van der Waals surface area contributed by atoms with Crippen molar-refractivity contribution in [2.75, 3.05) is 6.61 Å². The molecule has 2 rings (SSSR count). The summed E-state index contributed by atoms with van der Waals surface area (Å²) in [6.07, 6.45) is 1.73. The minimum Gasteiger partial charge on any atom is -0.385 e. The van der Waals surface area contributed by atoms with Crippen LogP contribution in [0, 0.1) is 5.82 Å². The van der Waals surface area contributed by atoms with E-state index >= 15 is 0 Å². The number of rotatable bonds is 2. The second-order valence-electron chi connectivity index (χ2n) is 4.49. The van der Waals surface area contributed by atoms with E-state index in [9.17, 15) is 9.50 Å². The highest BCUT2D eigenvalue weighted by Gasteiger charge is 2.38. The van der Waals surface area contributed by atoms with Gasteiger partial charge in [0.25, 0.3) is 0 Å². The van der Waals surface area contributed by atoms with Crippen molar-refractivity contribution >= 4 is 15.9 Å². The Kier molecular flexibility index (Phi) is 3.85. The Morgan fingerprint density at radius 1 is 1.59 bits per heavy atom. The number of halogens is 2.